The fourth-order valence-electron chi connectivity index (χ4n) is 2.94. The van der Waals surface area contributed by atoms with Crippen molar-refractivity contribution < 1.29 is 9.47 Å². The molecule has 0 spiro atoms. The van der Waals surface area contributed by atoms with Gasteiger partial charge in [-0.1, -0.05) is 13.0 Å². The highest BCUT2D eigenvalue weighted by Gasteiger charge is 2.26. The lowest BCUT2D eigenvalue weighted by atomic mass is 9.81. The maximum absolute atomic E-state index is 5.75. The standard InChI is InChI=1S/C16H23NO2/c1-11-8-14(9-11)17-12(2)13-4-5-15-16(10-13)19-7-3-6-18-15/h4-5,10-12,14,17H,3,6-9H2,1-2H3. The van der Waals surface area contributed by atoms with Gasteiger partial charge in [0, 0.05) is 18.5 Å². The zero-order valence-corrected chi connectivity index (χ0v) is 11.8. The van der Waals surface area contributed by atoms with Gasteiger partial charge in [0.1, 0.15) is 0 Å². The van der Waals surface area contributed by atoms with Gasteiger partial charge in [0.2, 0.25) is 0 Å². The number of rotatable bonds is 3. The lowest BCUT2D eigenvalue weighted by Crippen LogP contribution is -2.41. The van der Waals surface area contributed by atoms with Crippen molar-refractivity contribution in [1.82, 2.24) is 5.32 Å². The molecule has 19 heavy (non-hydrogen) atoms. The Morgan fingerprint density at radius 3 is 2.63 bits per heavy atom. The highest BCUT2D eigenvalue weighted by atomic mass is 16.5. The minimum absolute atomic E-state index is 0.370. The Hall–Kier alpha value is -1.22. The van der Waals surface area contributed by atoms with Crippen LogP contribution in [0.3, 0.4) is 0 Å². The summed E-state index contributed by atoms with van der Waals surface area (Å²) >= 11 is 0. The van der Waals surface area contributed by atoms with E-state index in [0.29, 0.717) is 12.1 Å². The van der Waals surface area contributed by atoms with E-state index in [1.54, 1.807) is 0 Å². The molecule has 0 bridgehead atoms. The molecular formula is C16H23NO2. The van der Waals surface area contributed by atoms with E-state index in [9.17, 15) is 0 Å². The molecule has 0 radical (unpaired) electrons. The van der Waals surface area contributed by atoms with Crippen molar-refractivity contribution in [3.8, 4) is 11.5 Å². The maximum Gasteiger partial charge on any atom is 0.161 e. The summed E-state index contributed by atoms with van der Waals surface area (Å²) in [5.41, 5.74) is 1.28. The van der Waals surface area contributed by atoms with Crippen LogP contribution in [0.25, 0.3) is 0 Å². The third-order valence-electron chi connectivity index (χ3n) is 4.13. The van der Waals surface area contributed by atoms with Crippen LogP contribution in [0, 0.1) is 5.92 Å². The van der Waals surface area contributed by atoms with Crippen LogP contribution in [-0.4, -0.2) is 19.3 Å². The van der Waals surface area contributed by atoms with Crippen molar-refractivity contribution in [3.63, 3.8) is 0 Å². The highest BCUT2D eigenvalue weighted by Crippen LogP contribution is 2.33. The summed E-state index contributed by atoms with van der Waals surface area (Å²) in [5.74, 6) is 2.66. The highest BCUT2D eigenvalue weighted by molar-refractivity contribution is 5.44. The average Bonchev–Trinajstić information content (AvgIpc) is 2.61. The Bertz CT molecular complexity index is 440. The SMILES string of the molecule is CC1CC(NC(C)c2ccc3c(c2)OCCCO3)C1. The Balaban J connectivity index is 1.68. The van der Waals surface area contributed by atoms with Crippen LogP contribution in [0.5, 0.6) is 11.5 Å². The normalized spacial score (nSPS) is 27.3. The predicted octanol–water partition coefficient (Wildman–Crippen LogP) is 3.30. The topological polar surface area (TPSA) is 30.5 Å². The molecule has 1 saturated carbocycles. The molecule has 1 heterocycles. The van der Waals surface area contributed by atoms with Gasteiger partial charge in [-0.05, 0) is 43.4 Å². The van der Waals surface area contributed by atoms with Crippen molar-refractivity contribution in [3.05, 3.63) is 23.8 Å². The zero-order valence-electron chi connectivity index (χ0n) is 11.8. The molecule has 1 aromatic carbocycles. The summed E-state index contributed by atoms with van der Waals surface area (Å²) in [6.45, 7) is 6.04. The van der Waals surface area contributed by atoms with Crippen LogP contribution in [-0.2, 0) is 0 Å². The number of fused-ring (bicyclic) bond motifs is 1. The van der Waals surface area contributed by atoms with Crippen LogP contribution >= 0.6 is 0 Å². The van der Waals surface area contributed by atoms with Gasteiger partial charge >= 0.3 is 0 Å². The van der Waals surface area contributed by atoms with E-state index >= 15 is 0 Å². The van der Waals surface area contributed by atoms with Gasteiger partial charge in [0.05, 0.1) is 13.2 Å². The molecule has 1 aliphatic carbocycles. The van der Waals surface area contributed by atoms with Gasteiger partial charge in [-0.2, -0.15) is 0 Å². The second kappa shape index (κ2) is 5.41. The van der Waals surface area contributed by atoms with Gasteiger partial charge in [0.15, 0.2) is 11.5 Å². The van der Waals surface area contributed by atoms with Crippen molar-refractivity contribution in [2.75, 3.05) is 13.2 Å². The number of benzene rings is 1. The van der Waals surface area contributed by atoms with Crippen LogP contribution < -0.4 is 14.8 Å². The Morgan fingerprint density at radius 2 is 1.89 bits per heavy atom. The van der Waals surface area contributed by atoms with Crippen LogP contribution in [0.1, 0.15) is 44.7 Å². The Morgan fingerprint density at radius 1 is 1.16 bits per heavy atom. The van der Waals surface area contributed by atoms with Gasteiger partial charge in [0.25, 0.3) is 0 Å². The van der Waals surface area contributed by atoms with E-state index in [2.05, 4.69) is 31.3 Å². The monoisotopic (exact) mass is 261 g/mol. The first-order chi connectivity index (χ1) is 9.22. The molecule has 104 valence electrons. The molecule has 1 aliphatic heterocycles. The zero-order chi connectivity index (χ0) is 13.2. The predicted molar refractivity (Wildman–Crippen MR) is 75.8 cm³/mol. The Kier molecular flexibility index (Phi) is 3.65. The number of hydrogen-bond donors (Lipinski definition) is 1. The molecule has 1 unspecified atom stereocenters. The Labute approximate surface area is 115 Å². The number of ether oxygens (including phenoxy) is 2. The van der Waals surface area contributed by atoms with Crippen molar-refractivity contribution in [2.45, 2.75) is 45.2 Å². The van der Waals surface area contributed by atoms with Gasteiger partial charge in [-0.3, -0.25) is 0 Å². The first kappa shape index (κ1) is 12.8. The summed E-state index contributed by atoms with van der Waals surface area (Å²) in [6.07, 6.45) is 3.56. The number of nitrogens with one attached hydrogen (secondary N) is 1. The van der Waals surface area contributed by atoms with Crippen molar-refractivity contribution >= 4 is 0 Å². The summed E-state index contributed by atoms with van der Waals surface area (Å²) in [6, 6.07) is 7.36. The second-order valence-electron chi connectivity index (χ2n) is 5.92. The van der Waals surface area contributed by atoms with E-state index in [0.717, 1.165) is 37.1 Å². The van der Waals surface area contributed by atoms with Crippen LogP contribution in [0.15, 0.2) is 18.2 Å². The minimum Gasteiger partial charge on any atom is -0.490 e. The van der Waals surface area contributed by atoms with Crippen LogP contribution in [0.4, 0.5) is 0 Å². The molecule has 2 aliphatic rings. The minimum atomic E-state index is 0.370. The lowest BCUT2D eigenvalue weighted by Gasteiger charge is -2.35. The molecule has 0 amide bonds. The van der Waals surface area contributed by atoms with Crippen molar-refractivity contribution in [2.24, 2.45) is 5.92 Å². The molecule has 1 fully saturated rings. The first-order valence-electron chi connectivity index (χ1n) is 7.38. The molecule has 1 aromatic rings. The summed E-state index contributed by atoms with van der Waals surface area (Å²) in [7, 11) is 0. The first-order valence-corrected chi connectivity index (χ1v) is 7.38. The molecule has 0 aromatic heterocycles. The molecule has 1 N–H and O–H groups in total. The van der Waals surface area contributed by atoms with Crippen molar-refractivity contribution in [1.29, 1.82) is 0 Å². The van der Waals surface area contributed by atoms with Gasteiger partial charge in [-0.15, -0.1) is 0 Å². The van der Waals surface area contributed by atoms with E-state index in [1.807, 2.05) is 6.07 Å². The van der Waals surface area contributed by atoms with Gasteiger partial charge < -0.3 is 14.8 Å². The summed E-state index contributed by atoms with van der Waals surface area (Å²) in [4.78, 5) is 0. The molecule has 0 saturated heterocycles. The maximum atomic E-state index is 5.75. The third-order valence-corrected chi connectivity index (χ3v) is 4.13. The van der Waals surface area contributed by atoms with E-state index in [1.165, 1.54) is 18.4 Å². The van der Waals surface area contributed by atoms with E-state index < -0.39 is 0 Å². The molecule has 1 atom stereocenters. The summed E-state index contributed by atoms with van der Waals surface area (Å²) in [5, 5.41) is 3.69. The lowest BCUT2D eigenvalue weighted by molar-refractivity contribution is 0.226. The fourth-order valence-corrected chi connectivity index (χ4v) is 2.94. The second-order valence-corrected chi connectivity index (χ2v) is 5.92. The fraction of sp³-hybridized carbons (Fsp3) is 0.625. The molecule has 3 rings (SSSR count). The van der Waals surface area contributed by atoms with E-state index in [-0.39, 0.29) is 0 Å². The van der Waals surface area contributed by atoms with Crippen LogP contribution in [0.2, 0.25) is 0 Å². The number of hydrogen-bond acceptors (Lipinski definition) is 3. The quantitative estimate of drug-likeness (QED) is 0.905. The largest absolute Gasteiger partial charge is 0.490 e. The summed E-state index contributed by atoms with van der Waals surface area (Å²) < 4.78 is 11.4. The molecule has 3 nitrogen and oxygen atoms in total. The molecular weight excluding hydrogens is 238 g/mol. The van der Waals surface area contributed by atoms with Gasteiger partial charge in [-0.25, -0.2) is 0 Å². The average molecular weight is 261 g/mol. The van der Waals surface area contributed by atoms with E-state index in [4.69, 9.17) is 9.47 Å². The third kappa shape index (κ3) is 2.86. The smallest absolute Gasteiger partial charge is 0.161 e. The molecule has 3 heteroatoms.